The van der Waals surface area contributed by atoms with E-state index >= 15 is 0 Å². The van der Waals surface area contributed by atoms with E-state index < -0.39 is 0 Å². The molecule has 1 rings (SSSR count). The van der Waals surface area contributed by atoms with E-state index in [-0.39, 0.29) is 5.91 Å². The fourth-order valence-corrected chi connectivity index (χ4v) is 2.21. The van der Waals surface area contributed by atoms with Crippen molar-refractivity contribution in [2.75, 3.05) is 47.3 Å². The van der Waals surface area contributed by atoms with Crippen LogP contribution in [0.3, 0.4) is 0 Å². The van der Waals surface area contributed by atoms with Gasteiger partial charge in [0.15, 0.2) is 0 Å². The van der Waals surface area contributed by atoms with Crippen LogP contribution >= 0.6 is 0 Å². The fraction of sp³-hybridized carbons (Fsp3) is 0.917. The van der Waals surface area contributed by atoms with Crippen molar-refractivity contribution in [2.24, 2.45) is 0 Å². The number of carbonyl (C=O) groups is 1. The number of carbonyl (C=O) groups excluding carboxylic acids is 1. The summed E-state index contributed by atoms with van der Waals surface area (Å²) >= 11 is 0. The van der Waals surface area contributed by atoms with Crippen LogP contribution in [0.1, 0.15) is 19.8 Å². The highest BCUT2D eigenvalue weighted by Crippen LogP contribution is 2.14. The Hall–Kier alpha value is -0.610. The quantitative estimate of drug-likeness (QED) is 0.684. The number of rotatable bonds is 5. The van der Waals surface area contributed by atoms with Gasteiger partial charge in [-0.15, -0.1) is 0 Å². The lowest BCUT2D eigenvalue weighted by molar-refractivity contribution is -0.127. The van der Waals surface area contributed by atoms with Gasteiger partial charge >= 0.3 is 0 Å². The molecule has 1 fully saturated rings. The lowest BCUT2D eigenvalue weighted by Crippen LogP contribution is -2.37. The molecule has 1 heterocycles. The number of likely N-dealkylation sites (N-methyl/N-ethyl adjacent to an activating group) is 1. The van der Waals surface area contributed by atoms with Crippen molar-refractivity contribution >= 4 is 5.91 Å². The number of hydrogen-bond acceptors (Lipinski definition) is 3. The summed E-state index contributed by atoms with van der Waals surface area (Å²) in [5.41, 5.74) is 0. The van der Waals surface area contributed by atoms with Crippen LogP contribution in [-0.4, -0.2) is 74.0 Å². The number of likely N-dealkylation sites (tertiary alicyclic amines) is 1. The van der Waals surface area contributed by atoms with Crippen molar-refractivity contribution in [1.82, 2.24) is 14.7 Å². The van der Waals surface area contributed by atoms with Gasteiger partial charge in [0.05, 0.1) is 0 Å². The van der Waals surface area contributed by atoms with Gasteiger partial charge in [0.25, 0.3) is 0 Å². The third-order valence-corrected chi connectivity index (χ3v) is 3.35. The van der Waals surface area contributed by atoms with Crippen LogP contribution in [0.15, 0.2) is 0 Å². The number of hydrogen-bond donors (Lipinski definition) is 0. The molecule has 0 aliphatic carbocycles. The Morgan fingerprint density at radius 1 is 1.31 bits per heavy atom. The highest BCUT2D eigenvalue weighted by molar-refractivity contribution is 5.73. The molecule has 0 aromatic heterocycles. The maximum absolute atomic E-state index is 11.2. The van der Waals surface area contributed by atoms with E-state index in [1.165, 1.54) is 6.42 Å². The lowest BCUT2D eigenvalue weighted by atomic mass is 10.2. The Kier molecular flexibility index (Phi) is 5.22. The van der Waals surface area contributed by atoms with E-state index in [9.17, 15) is 4.79 Å². The summed E-state index contributed by atoms with van der Waals surface area (Å²) in [6.45, 7) is 5.75. The van der Waals surface area contributed by atoms with E-state index in [0.29, 0.717) is 6.04 Å². The zero-order valence-electron chi connectivity index (χ0n) is 11.1. The van der Waals surface area contributed by atoms with Crippen molar-refractivity contribution in [1.29, 1.82) is 0 Å². The van der Waals surface area contributed by atoms with Crippen molar-refractivity contribution in [2.45, 2.75) is 25.8 Å². The van der Waals surface area contributed by atoms with Crippen LogP contribution in [0.5, 0.6) is 0 Å². The van der Waals surface area contributed by atoms with E-state index in [0.717, 1.165) is 32.6 Å². The first-order valence-electron chi connectivity index (χ1n) is 6.11. The Balaban J connectivity index is 2.23. The van der Waals surface area contributed by atoms with E-state index in [1.807, 2.05) is 4.90 Å². The summed E-state index contributed by atoms with van der Waals surface area (Å²) < 4.78 is 0. The van der Waals surface area contributed by atoms with Gasteiger partial charge in [-0.3, -0.25) is 4.79 Å². The van der Waals surface area contributed by atoms with Gasteiger partial charge in [0, 0.05) is 26.1 Å². The second kappa shape index (κ2) is 6.21. The first kappa shape index (κ1) is 13.5. The van der Waals surface area contributed by atoms with E-state index in [2.05, 4.69) is 30.9 Å². The molecule has 4 heteroatoms. The van der Waals surface area contributed by atoms with Crippen molar-refractivity contribution in [3.63, 3.8) is 0 Å². The minimum absolute atomic E-state index is 0.212. The molecule has 0 unspecified atom stereocenters. The zero-order chi connectivity index (χ0) is 12.1. The van der Waals surface area contributed by atoms with Gasteiger partial charge in [-0.25, -0.2) is 0 Å². The molecule has 0 spiro atoms. The Bertz CT molecular complexity index is 230. The number of nitrogens with zero attached hydrogens (tertiary/aromatic N) is 3. The average Bonchev–Trinajstić information content (AvgIpc) is 2.65. The molecule has 0 N–H and O–H groups in total. The fourth-order valence-electron chi connectivity index (χ4n) is 2.21. The molecule has 0 bridgehead atoms. The van der Waals surface area contributed by atoms with Crippen LogP contribution < -0.4 is 0 Å². The molecule has 16 heavy (non-hydrogen) atoms. The summed E-state index contributed by atoms with van der Waals surface area (Å²) in [6.07, 6.45) is 2.32. The summed E-state index contributed by atoms with van der Waals surface area (Å²) in [7, 11) is 6.38. The number of amides is 1. The van der Waals surface area contributed by atoms with Gasteiger partial charge in [0.2, 0.25) is 5.91 Å². The van der Waals surface area contributed by atoms with Crippen LogP contribution in [-0.2, 0) is 4.79 Å². The molecule has 0 aromatic carbocycles. The summed E-state index contributed by atoms with van der Waals surface area (Å²) in [6, 6.07) is 0.561. The van der Waals surface area contributed by atoms with E-state index in [4.69, 9.17) is 0 Å². The SMILES string of the molecule is CC(=O)N1CC[C@H](N(C)CCCN(C)C)C1. The normalized spacial score (nSPS) is 21.1. The van der Waals surface area contributed by atoms with Crippen LogP contribution in [0.25, 0.3) is 0 Å². The predicted molar refractivity (Wildman–Crippen MR) is 66.5 cm³/mol. The topological polar surface area (TPSA) is 26.8 Å². The van der Waals surface area contributed by atoms with Crippen molar-refractivity contribution in [3.8, 4) is 0 Å². The molecular formula is C12H25N3O. The Morgan fingerprint density at radius 2 is 2.00 bits per heavy atom. The van der Waals surface area contributed by atoms with Gasteiger partial charge < -0.3 is 14.7 Å². The van der Waals surface area contributed by atoms with E-state index in [1.54, 1.807) is 6.92 Å². The van der Waals surface area contributed by atoms with Crippen LogP contribution in [0.2, 0.25) is 0 Å². The van der Waals surface area contributed by atoms with Crippen LogP contribution in [0, 0.1) is 0 Å². The lowest BCUT2D eigenvalue weighted by Gasteiger charge is -2.25. The minimum Gasteiger partial charge on any atom is -0.341 e. The smallest absolute Gasteiger partial charge is 0.219 e. The summed E-state index contributed by atoms with van der Waals surface area (Å²) in [5, 5.41) is 0. The first-order chi connectivity index (χ1) is 7.50. The van der Waals surface area contributed by atoms with Gasteiger partial charge in [-0.05, 0) is 47.1 Å². The molecule has 0 radical (unpaired) electrons. The predicted octanol–water partition coefficient (Wildman–Crippen LogP) is 0.491. The third kappa shape index (κ3) is 4.10. The largest absolute Gasteiger partial charge is 0.341 e. The standard InChI is InChI=1S/C12H25N3O/c1-11(16)15-9-6-12(10-15)14(4)8-5-7-13(2)3/h12H,5-10H2,1-4H3/t12-/m0/s1. The molecular weight excluding hydrogens is 202 g/mol. The zero-order valence-corrected chi connectivity index (χ0v) is 11.1. The minimum atomic E-state index is 0.212. The molecule has 1 aliphatic heterocycles. The highest BCUT2D eigenvalue weighted by atomic mass is 16.2. The second-order valence-corrected chi connectivity index (χ2v) is 5.04. The second-order valence-electron chi connectivity index (χ2n) is 5.04. The monoisotopic (exact) mass is 227 g/mol. The van der Waals surface area contributed by atoms with Crippen molar-refractivity contribution in [3.05, 3.63) is 0 Å². The highest BCUT2D eigenvalue weighted by Gasteiger charge is 2.26. The molecule has 4 nitrogen and oxygen atoms in total. The van der Waals surface area contributed by atoms with Gasteiger partial charge in [0.1, 0.15) is 0 Å². The van der Waals surface area contributed by atoms with Crippen molar-refractivity contribution < 1.29 is 4.79 Å². The molecule has 1 atom stereocenters. The first-order valence-corrected chi connectivity index (χ1v) is 6.11. The maximum Gasteiger partial charge on any atom is 0.219 e. The maximum atomic E-state index is 11.2. The Labute approximate surface area is 99.2 Å². The molecule has 0 aromatic rings. The average molecular weight is 227 g/mol. The third-order valence-electron chi connectivity index (χ3n) is 3.35. The van der Waals surface area contributed by atoms with Gasteiger partial charge in [-0.1, -0.05) is 0 Å². The summed E-state index contributed by atoms with van der Waals surface area (Å²) in [5.74, 6) is 0.212. The van der Waals surface area contributed by atoms with Gasteiger partial charge in [-0.2, -0.15) is 0 Å². The molecule has 94 valence electrons. The molecule has 1 aliphatic rings. The molecule has 1 amide bonds. The Morgan fingerprint density at radius 3 is 2.50 bits per heavy atom. The summed E-state index contributed by atoms with van der Waals surface area (Å²) in [4.78, 5) is 17.8. The van der Waals surface area contributed by atoms with Crippen LogP contribution in [0.4, 0.5) is 0 Å². The molecule has 1 saturated heterocycles. The molecule has 0 saturated carbocycles.